The molecule has 0 aliphatic heterocycles. The third-order valence-electron chi connectivity index (χ3n) is 2.20. The van der Waals surface area contributed by atoms with Gasteiger partial charge in [0.25, 0.3) is 0 Å². The highest BCUT2D eigenvalue weighted by Crippen LogP contribution is 2.17. The molecule has 0 radical (unpaired) electrons. The van der Waals surface area contributed by atoms with Crippen LogP contribution < -0.4 is 15.4 Å². The van der Waals surface area contributed by atoms with Gasteiger partial charge in [-0.25, -0.2) is 4.79 Å². The number of amides is 2. The summed E-state index contributed by atoms with van der Waals surface area (Å²) in [4.78, 5) is 11.3. The van der Waals surface area contributed by atoms with Gasteiger partial charge in [-0.05, 0) is 25.0 Å². The van der Waals surface area contributed by atoms with E-state index in [2.05, 4.69) is 17.2 Å². The van der Waals surface area contributed by atoms with Crippen molar-refractivity contribution in [1.29, 1.82) is 0 Å². The molecule has 0 saturated heterocycles. The highest BCUT2D eigenvalue weighted by Gasteiger charge is 2.03. The van der Waals surface area contributed by atoms with Crippen molar-refractivity contribution in [1.82, 2.24) is 10.6 Å². The number of carbonyl (C=O) groups is 1. The molecular weight excluding hydrogens is 216 g/mol. The first-order valence-corrected chi connectivity index (χ1v) is 5.45. The van der Waals surface area contributed by atoms with Crippen LogP contribution in [0, 0.1) is 0 Å². The van der Waals surface area contributed by atoms with Gasteiger partial charge in [0.05, 0.1) is 7.11 Å². The van der Waals surface area contributed by atoms with Gasteiger partial charge in [-0.1, -0.05) is 24.8 Å². The summed E-state index contributed by atoms with van der Waals surface area (Å²) in [5.74, 6) is 0.842. The average molecular weight is 234 g/mol. The van der Waals surface area contributed by atoms with E-state index in [4.69, 9.17) is 4.74 Å². The van der Waals surface area contributed by atoms with Crippen LogP contribution in [0.2, 0.25) is 0 Å². The Labute approximate surface area is 102 Å². The molecule has 0 aromatic heterocycles. The molecule has 2 amide bonds. The number of hydrogen-bond acceptors (Lipinski definition) is 2. The Balaban J connectivity index is 2.40. The van der Waals surface area contributed by atoms with Gasteiger partial charge in [-0.15, -0.1) is 0 Å². The van der Waals surface area contributed by atoms with Crippen molar-refractivity contribution in [3.8, 4) is 5.75 Å². The van der Waals surface area contributed by atoms with E-state index in [1.165, 1.54) is 0 Å². The fraction of sp³-hybridized carbons (Fsp3) is 0.308. The zero-order chi connectivity index (χ0) is 12.7. The van der Waals surface area contributed by atoms with Crippen LogP contribution in [0.1, 0.15) is 12.5 Å². The Morgan fingerprint density at radius 3 is 2.76 bits per heavy atom. The molecular formula is C13H18N2O2. The van der Waals surface area contributed by atoms with E-state index in [1.54, 1.807) is 14.0 Å². The summed E-state index contributed by atoms with van der Waals surface area (Å²) in [5, 5.41) is 5.33. The van der Waals surface area contributed by atoms with E-state index in [0.29, 0.717) is 12.2 Å². The second kappa shape index (κ2) is 6.58. The van der Waals surface area contributed by atoms with E-state index in [9.17, 15) is 4.79 Å². The minimum absolute atomic E-state index is 0.229. The molecule has 4 nitrogen and oxygen atoms in total. The van der Waals surface area contributed by atoms with Crippen molar-refractivity contribution < 1.29 is 9.53 Å². The predicted molar refractivity (Wildman–Crippen MR) is 68.0 cm³/mol. The number of urea groups is 1. The number of para-hydroxylation sites is 1. The standard InChI is InChI=1S/C13H18N2O2/c1-10(2)15-13(16)14-9-8-11-6-4-5-7-12(11)17-3/h4-7H,1,8-9H2,2-3H3,(H2,14,15,16). The maximum absolute atomic E-state index is 11.3. The first kappa shape index (κ1) is 13.1. The van der Waals surface area contributed by atoms with E-state index in [-0.39, 0.29) is 6.03 Å². The van der Waals surface area contributed by atoms with Crippen LogP contribution in [0.3, 0.4) is 0 Å². The van der Waals surface area contributed by atoms with Gasteiger partial charge in [-0.3, -0.25) is 0 Å². The van der Waals surface area contributed by atoms with Gasteiger partial charge in [0.2, 0.25) is 0 Å². The highest BCUT2D eigenvalue weighted by molar-refractivity contribution is 5.75. The number of carbonyl (C=O) groups excluding carboxylic acids is 1. The third-order valence-corrected chi connectivity index (χ3v) is 2.20. The van der Waals surface area contributed by atoms with Crippen LogP contribution in [0.4, 0.5) is 4.79 Å². The lowest BCUT2D eigenvalue weighted by atomic mass is 10.1. The molecule has 0 heterocycles. The molecule has 2 N–H and O–H groups in total. The Bertz CT molecular complexity index is 402. The molecule has 0 aliphatic rings. The van der Waals surface area contributed by atoms with Crippen LogP contribution in [0.25, 0.3) is 0 Å². The number of ether oxygens (including phenoxy) is 1. The van der Waals surface area contributed by atoms with E-state index >= 15 is 0 Å². The first-order valence-electron chi connectivity index (χ1n) is 5.45. The molecule has 92 valence electrons. The summed E-state index contributed by atoms with van der Waals surface area (Å²) < 4.78 is 5.22. The summed E-state index contributed by atoms with van der Waals surface area (Å²) in [6.07, 6.45) is 0.730. The summed E-state index contributed by atoms with van der Waals surface area (Å²) >= 11 is 0. The molecule has 0 atom stereocenters. The van der Waals surface area contributed by atoms with Gasteiger partial charge < -0.3 is 15.4 Å². The van der Waals surface area contributed by atoms with E-state index < -0.39 is 0 Å². The van der Waals surface area contributed by atoms with Crippen LogP contribution in [-0.4, -0.2) is 19.7 Å². The second-order valence-electron chi connectivity index (χ2n) is 3.72. The Hall–Kier alpha value is -1.97. The lowest BCUT2D eigenvalue weighted by molar-refractivity contribution is 0.243. The maximum Gasteiger partial charge on any atom is 0.318 e. The smallest absolute Gasteiger partial charge is 0.318 e. The maximum atomic E-state index is 11.3. The zero-order valence-corrected chi connectivity index (χ0v) is 10.2. The van der Waals surface area contributed by atoms with Crippen molar-refractivity contribution in [2.24, 2.45) is 0 Å². The van der Waals surface area contributed by atoms with Crippen molar-refractivity contribution in [2.75, 3.05) is 13.7 Å². The minimum Gasteiger partial charge on any atom is -0.496 e. The molecule has 0 saturated carbocycles. The van der Waals surface area contributed by atoms with Crippen LogP contribution >= 0.6 is 0 Å². The number of allylic oxidation sites excluding steroid dienone is 1. The molecule has 1 aromatic carbocycles. The normalized spacial score (nSPS) is 9.53. The Kier molecular flexibility index (Phi) is 5.07. The van der Waals surface area contributed by atoms with Crippen molar-refractivity contribution in [3.05, 3.63) is 42.1 Å². The zero-order valence-electron chi connectivity index (χ0n) is 10.2. The first-order chi connectivity index (χ1) is 8.13. The fourth-order valence-corrected chi connectivity index (χ4v) is 1.46. The molecule has 0 aliphatic carbocycles. The summed E-state index contributed by atoms with van der Waals surface area (Å²) in [5.41, 5.74) is 1.70. The topological polar surface area (TPSA) is 50.4 Å². The van der Waals surface area contributed by atoms with Gasteiger partial charge in [0.1, 0.15) is 5.75 Å². The molecule has 1 aromatic rings. The Morgan fingerprint density at radius 2 is 2.12 bits per heavy atom. The number of rotatable bonds is 5. The minimum atomic E-state index is -0.229. The van der Waals surface area contributed by atoms with Crippen molar-refractivity contribution >= 4 is 6.03 Å². The summed E-state index contributed by atoms with van der Waals surface area (Å²) in [6.45, 7) is 5.89. The SMILES string of the molecule is C=C(C)NC(=O)NCCc1ccccc1OC. The van der Waals surface area contributed by atoms with Crippen LogP contribution in [0.5, 0.6) is 5.75 Å². The van der Waals surface area contributed by atoms with E-state index in [0.717, 1.165) is 17.7 Å². The van der Waals surface area contributed by atoms with Gasteiger partial charge in [0.15, 0.2) is 0 Å². The molecule has 17 heavy (non-hydrogen) atoms. The van der Waals surface area contributed by atoms with Crippen LogP contribution in [-0.2, 0) is 6.42 Å². The number of hydrogen-bond donors (Lipinski definition) is 2. The fourth-order valence-electron chi connectivity index (χ4n) is 1.46. The van der Waals surface area contributed by atoms with Gasteiger partial charge in [0, 0.05) is 12.2 Å². The van der Waals surface area contributed by atoms with Crippen molar-refractivity contribution in [3.63, 3.8) is 0 Å². The number of nitrogens with one attached hydrogen (secondary N) is 2. The summed E-state index contributed by atoms with van der Waals surface area (Å²) in [7, 11) is 1.64. The average Bonchev–Trinajstić information content (AvgIpc) is 2.28. The monoisotopic (exact) mass is 234 g/mol. The van der Waals surface area contributed by atoms with Crippen LogP contribution in [0.15, 0.2) is 36.5 Å². The highest BCUT2D eigenvalue weighted by atomic mass is 16.5. The van der Waals surface area contributed by atoms with Gasteiger partial charge in [-0.2, -0.15) is 0 Å². The van der Waals surface area contributed by atoms with E-state index in [1.807, 2.05) is 24.3 Å². The van der Waals surface area contributed by atoms with Gasteiger partial charge >= 0.3 is 6.03 Å². The lowest BCUT2D eigenvalue weighted by Gasteiger charge is -2.09. The molecule has 0 fully saturated rings. The largest absolute Gasteiger partial charge is 0.496 e. The number of benzene rings is 1. The molecule has 0 unspecified atom stereocenters. The quantitative estimate of drug-likeness (QED) is 0.819. The Morgan fingerprint density at radius 1 is 1.41 bits per heavy atom. The molecule has 4 heteroatoms. The predicted octanol–water partition coefficient (Wildman–Crippen LogP) is 2.07. The molecule has 0 bridgehead atoms. The third kappa shape index (κ3) is 4.59. The molecule has 0 spiro atoms. The second-order valence-corrected chi connectivity index (χ2v) is 3.72. The summed E-state index contributed by atoms with van der Waals surface area (Å²) in [6, 6.07) is 7.53. The van der Waals surface area contributed by atoms with Crippen molar-refractivity contribution in [2.45, 2.75) is 13.3 Å². The molecule has 1 rings (SSSR count). The lowest BCUT2D eigenvalue weighted by Crippen LogP contribution is -2.35. The number of methoxy groups -OCH3 is 1.